The van der Waals surface area contributed by atoms with E-state index in [4.69, 9.17) is 0 Å². The number of carbonyl (C=O) groups excluding carboxylic acids is 1. The SMILES string of the molecule is Cc1cc(C(=O)NC(CC2CC2)C(=O)O)c(C)n1-c1nccs1. The van der Waals surface area contributed by atoms with Gasteiger partial charge in [-0.25, -0.2) is 9.78 Å². The third-order valence-corrected chi connectivity index (χ3v) is 4.91. The van der Waals surface area contributed by atoms with Crippen molar-refractivity contribution in [2.75, 3.05) is 0 Å². The second kappa shape index (κ2) is 6.16. The Morgan fingerprint density at radius 2 is 2.22 bits per heavy atom. The van der Waals surface area contributed by atoms with Gasteiger partial charge in [-0.1, -0.05) is 12.8 Å². The summed E-state index contributed by atoms with van der Waals surface area (Å²) >= 11 is 1.49. The molecular formula is C16H19N3O3S. The van der Waals surface area contributed by atoms with Gasteiger partial charge in [-0.2, -0.15) is 0 Å². The number of rotatable bonds is 6. The number of carboxylic acids is 1. The van der Waals surface area contributed by atoms with Crippen LogP contribution in [-0.2, 0) is 4.79 Å². The van der Waals surface area contributed by atoms with E-state index in [1.54, 1.807) is 12.3 Å². The highest BCUT2D eigenvalue weighted by atomic mass is 32.1. The fourth-order valence-electron chi connectivity index (χ4n) is 2.76. The van der Waals surface area contributed by atoms with Crippen LogP contribution >= 0.6 is 11.3 Å². The highest BCUT2D eigenvalue weighted by Crippen LogP contribution is 2.33. The molecule has 2 aromatic heterocycles. The fourth-order valence-corrected chi connectivity index (χ4v) is 3.51. The van der Waals surface area contributed by atoms with Crippen molar-refractivity contribution >= 4 is 23.2 Å². The zero-order valence-corrected chi connectivity index (χ0v) is 13.9. The van der Waals surface area contributed by atoms with E-state index in [1.165, 1.54) is 11.3 Å². The number of carboxylic acid groups (broad SMARTS) is 1. The van der Waals surface area contributed by atoms with Gasteiger partial charge in [0, 0.05) is 23.0 Å². The van der Waals surface area contributed by atoms with Crippen LogP contribution in [-0.4, -0.2) is 32.6 Å². The quantitative estimate of drug-likeness (QED) is 0.851. The van der Waals surface area contributed by atoms with Gasteiger partial charge >= 0.3 is 5.97 Å². The van der Waals surface area contributed by atoms with E-state index in [9.17, 15) is 14.7 Å². The normalized spacial score (nSPS) is 15.4. The van der Waals surface area contributed by atoms with E-state index < -0.39 is 12.0 Å². The van der Waals surface area contributed by atoms with E-state index in [1.807, 2.05) is 23.8 Å². The van der Waals surface area contributed by atoms with Crippen molar-refractivity contribution in [1.82, 2.24) is 14.9 Å². The average Bonchev–Trinajstić information content (AvgIpc) is 3.05. The summed E-state index contributed by atoms with van der Waals surface area (Å²) in [6.45, 7) is 3.75. The maximum atomic E-state index is 12.5. The molecule has 0 aliphatic heterocycles. The molecule has 1 fully saturated rings. The van der Waals surface area contributed by atoms with E-state index in [0.717, 1.165) is 29.4 Å². The Bertz CT molecular complexity index is 732. The minimum atomic E-state index is -0.973. The molecule has 2 N–H and O–H groups in total. The van der Waals surface area contributed by atoms with E-state index in [0.29, 0.717) is 17.9 Å². The smallest absolute Gasteiger partial charge is 0.326 e. The molecule has 0 aromatic carbocycles. The Hall–Kier alpha value is -2.15. The third-order valence-electron chi connectivity index (χ3n) is 4.16. The van der Waals surface area contributed by atoms with Crippen LogP contribution in [0.1, 0.15) is 41.0 Å². The lowest BCUT2D eigenvalue weighted by Crippen LogP contribution is -2.41. The van der Waals surface area contributed by atoms with Crippen molar-refractivity contribution in [2.45, 2.75) is 39.2 Å². The lowest BCUT2D eigenvalue weighted by Gasteiger charge is -2.14. The van der Waals surface area contributed by atoms with Crippen LogP contribution in [0, 0.1) is 19.8 Å². The summed E-state index contributed by atoms with van der Waals surface area (Å²) in [4.78, 5) is 28.1. The number of thiazole rings is 1. The molecule has 1 atom stereocenters. The zero-order valence-electron chi connectivity index (χ0n) is 13.1. The van der Waals surface area contributed by atoms with Crippen LogP contribution in [0.2, 0.25) is 0 Å². The first kappa shape index (κ1) is 15.7. The molecule has 7 heteroatoms. The molecule has 0 spiro atoms. The van der Waals surface area contributed by atoms with Crippen LogP contribution < -0.4 is 5.32 Å². The fraction of sp³-hybridized carbons (Fsp3) is 0.438. The predicted molar refractivity (Wildman–Crippen MR) is 87.1 cm³/mol. The molecule has 1 aliphatic carbocycles. The van der Waals surface area contributed by atoms with Crippen molar-refractivity contribution in [2.24, 2.45) is 5.92 Å². The van der Waals surface area contributed by atoms with E-state index >= 15 is 0 Å². The van der Waals surface area contributed by atoms with E-state index in [-0.39, 0.29) is 5.91 Å². The van der Waals surface area contributed by atoms with Crippen LogP contribution in [0.4, 0.5) is 0 Å². The highest BCUT2D eigenvalue weighted by molar-refractivity contribution is 7.12. The van der Waals surface area contributed by atoms with Crippen molar-refractivity contribution in [3.8, 4) is 5.13 Å². The molecule has 1 aliphatic rings. The van der Waals surface area contributed by atoms with Gasteiger partial charge in [-0.05, 0) is 32.3 Å². The topological polar surface area (TPSA) is 84.2 Å². The molecule has 6 nitrogen and oxygen atoms in total. The number of aromatic nitrogens is 2. The van der Waals surface area contributed by atoms with Crippen LogP contribution in [0.25, 0.3) is 5.13 Å². The van der Waals surface area contributed by atoms with Crippen LogP contribution in [0.5, 0.6) is 0 Å². The number of hydrogen-bond acceptors (Lipinski definition) is 4. The second-order valence-electron chi connectivity index (χ2n) is 5.98. The summed E-state index contributed by atoms with van der Waals surface area (Å²) in [5, 5.41) is 14.6. The van der Waals surface area contributed by atoms with Gasteiger partial charge < -0.3 is 10.4 Å². The minimum absolute atomic E-state index is 0.339. The molecule has 3 rings (SSSR count). The summed E-state index contributed by atoms with van der Waals surface area (Å²) < 4.78 is 1.91. The number of nitrogens with one attached hydrogen (secondary N) is 1. The van der Waals surface area contributed by atoms with Gasteiger partial charge in [0.1, 0.15) is 6.04 Å². The van der Waals surface area contributed by atoms with Crippen molar-refractivity contribution in [3.63, 3.8) is 0 Å². The number of hydrogen-bond donors (Lipinski definition) is 2. The molecule has 0 radical (unpaired) electrons. The lowest BCUT2D eigenvalue weighted by molar-refractivity contribution is -0.139. The number of carbonyl (C=O) groups is 2. The first-order valence-corrected chi connectivity index (χ1v) is 8.47. The molecule has 2 heterocycles. The summed E-state index contributed by atoms with van der Waals surface area (Å²) in [5.41, 5.74) is 2.17. The number of aliphatic carboxylic acids is 1. The molecule has 2 aromatic rings. The average molecular weight is 333 g/mol. The summed E-state index contributed by atoms with van der Waals surface area (Å²) in [7, 11) is 0. The van der Waals surface area contributed by atoms with Crippen molar-refractivity contribution < 1.29 is 14.7 Å². The minimum Gasteiger partial charge on any atom is -0.480 e. The van der Waals surface area contributed by atoms with Gasteiger partial charge in [-0.3, -0.25) is 9.36 Å². The Labute approximate surface area is 138 Å². The largest absolute Gasteiger partial charge is 0.480 e. The van der Waals surface area contributed by atoms with Gasteiger partial charge in [0.25, 0.3) is 5.91 Å². The monoisotopic (exact) mass is 333 g/mol. The number of amides is 1. The van der Waals surface area contributed by atoms with Crippen LogP contribution in [0.15, 0.2) is 17.6 Å². The van der Waals surface area contributed by atoms with Gasteiger partial charge in [0.05, 0.1) is 5.56 Å². The molecule has 122 valence electrons. The van der Waals surface area contributed by atoms with E-state index in [2.05, 4.69) is 10.3 Å². The standard InChI is InChI=1S/C16H19N3O3S/c1-9-7-12(10(2)19(9)16-17-5-6-23-16)14(20)18-13(15(21)22)8-11-3-4-11/h5-7,11,13H,3-4,8H2,1-2H3,(H,18,20)(H,21,22). The maximum Gasteiger partial charge on any atom is 0.326 e. The Morgan fingerprint density at radius 1 is 1.48 bits per heavy atom. The number of nitrogens with zero attached hydrogens (tertiary/aromatic N) is 2. The molecule has 23 heavy (non-hydrogen) atoms. The molecule has 0 saturated heterocycles. The molecule has 1 amide bonds. The predicted octanol–water partition coefficient (Wildman–Crippen LogP) is 2.53. The Kier molecular flexibility index (Phi) is 4.21. The first-order chi connectivity index (χ1) is 11.0. The van der Waals surface area contributed by atoms with Gasteiger partial charge in [0.15, 0.2) is 5.13 Å². The third kappa shape index (κ3) is 3.29. The Morgan fingerprint density at radius 3 is 2.78 bits per heavy atom. The van der Waals surface area contributed by atoms with Gasteiger partial charge in [-0.15, -0.1) is 11.3 Å². The summed E-state index contributed by atoms with van der Waals surface area (Å²) in [5.74, 6) is -0.882. The molecule has 0 bridgehead atoms. The first-order valence-electron chi connectivity index (χ1n) is 7.60. The molecule has 1 unspecified atom stereocenters. The maximum absolute atomic E-state index is 12.5. The second-order valence-corrected chi connectivity index (χ2v) is 6.85. The van der Waals surface area contributed by atoms with Crippen LogP contribution in [0.3, 0.4) is 0 Å². The molecular weight excluding hydrogens is 314 g/mol. The lowest BCUT2D eigenvalue weighted by atomic mass is 10.1. The number of aryl methyl sites for hydroxylation is 1. The summed E-state index contributed by atoms with van der Waals surface area (Å²) in [6.07, 6.45) is 4.33. The van der Waals surface area contributed by atoms with Gasteiger partial charge in [0.2, 0.25) is 0 Å². The van der Waals surface area contributed by atoms with Crippen molar-refractivity contribution in [3.05, 3.63) is 34.6 Å². The summed E-state index contributed by atoms with van der Waals surface area (Å²) in [6, 6.07) is 0.958. The Balaban J connectivity index is 1.82. The van der Waals surface area contributed by atoms with Crippen molar-refractivity contribution in [1.29, 1.82) is 0 Å². The zero-order chi connectivity index (χ0) is 16.6. The highest BCUT2D eigenvalue weighted by Gasteiger charge is 2.31. The molecule has 1 saturated carbocycles.